The average Bonchev–Trinajstić information content (AvgIpc) is 2.99. The zero-order valence-corrected chi connectivity index (χ0v) is 20.6. The Morgan fingerprint density at radius 2 is 1.65 bits per heavy atom. The summed E-state index contributed by atoms with van der Waals surface area (Å²) in [4.78, 5) is 40.9. The number of ether oxygens (including phenoxy) is 2. The highest BCUT2D eigenvalue weighted by atomic mass is 16.6. The summed E-state index contributed by atoms with van der Waals surface area (Å²) in [7, 11) is 1.16. The number of imide groups is 1. The number of esters is 1. The minimum Gasteiger partial charge on any atom is -0.466 e. The van der Waals surface area contributed by atoms with Crippen LogP contribution in [-0.2, 0) is 24.5 Å². The van der Waals surface area contributed by atoms with E-state index in [-0.39, 0.29) is 23.3 Å². The molecule has 0 saturated carbocycles. The summed E-state index contributed by atoms with van der Waals surface area (Å²) in [6.45, 7) is 14.3. The number of hydrogen-bond donors (Lipinski definition) is 0. The molecule has 1 aliphatic heterocycles. The number of nitrogens with zero attached hydrogens (tertiary/aromatic N) is 3. The van der Waals surface area contributed by atoms with Gasteiger partial charge in [-0.05, 0) is 49.8 Å². The lowest BCUT2D eigenvalue weighted by molar-refractivity contribution is -0.138. The summed E-state index contributed by atoms with van der Waals surface area (Å²) >= 11 is 0. The third-order valence-corrected chi connectivity index (χ3v) is 5.57. The molecule has 1 aliphatic rings. The van der Waals surface area contributed by atoms with Crippen molar-refractivity contribution in [2.24, 2.45) is 5.41 Å². The quantitative estimate of drug-likeness (QED) is 0.360. The van der Waals surface area contributed by atoms with Crippen LogP contribution in [0.5, 0.6) is 0 Å². The number of allylic oxidation sites excluding steroid dienone is 2. The van der Waals surface area contributed by atoms with E-state index in [0.29, 0.717) is 11.1 Å². The number of anilines is 1. The first-order valence-corrected chi connectivity index (χ1v) is 10.6. The zero-order valence-electron chi connectivity index (χ0n) is 20.6. The number of carbonyl (C=O) groups is 3. The van der Waals surface area contributed by atoms with Crippen molar-refractivity contribution in [1.29, 1.82) is 10.5 Å². The number of rotatable bonds is 4. The summed E-state index contributed by atoms with van der Waals surface area (Å²) in [6.07, 6.45) is -1.14. The number of nitriles is 2. The summed E-state index contributed by atoms with van der Waals surface area (Å²) in [6, 6.07) is 10.3. The van der Waals surface area contributed by atoms with Gasteiger partial charge in [0.05, 0.1) is 18.4 Å². The fourth-order valence-electron chi connectivity index (χ4n) is 3.95. The fraction of sp³-hybridized carbons (Fsp3) is 0.423. The van der Waals surface area contributed by atoms with Crippen molar-refractivity contribution in [2.75, 3.05) is 12.0 Å². The number of methoxy groups -OCH3 is 1. The van der Waals surface area contributed by atoms with Crippen molar-refractivity contribution in [3.63, 3.8) is 0 Å². The van der Waals surface area contributed by atoms with E-state index >= 15 is 0 Å². The molecule has 0 bridgehead atoms. The van der Waals surface area contributed by atoms with Crippen LogP contribution in [-0.4, -0.2) is 30.7 Å². The molecule has 1 aromatic rings. The molecule has 34 heavy (non-hydrogen) atoms. The molecule has 0 unspecified atom stereocenters. The largest absolute Gasteiger partial charge is 0.466 e. The SMILES string of the molecule is C=C(C(=O)OC)[C@]1(CC(=C(C#N)C#N)C(C)(C)C)C(=O)N(C(=O)OC(C)(C)C)c2ccccc21. The summed E-state index contributed by atoms with van der Waals surface area (Å²) in [5.74, 6) is -1.62. The number of carbonyl (C=O) groups excluding carboxylic acids is 3. The highest BCUT2D eigenvalue weighted by molar-refractivity contribution is 6.24. The molecule has 1 aromatic carbocycles. The molecule has 8 heteroatoms. The van der Waals surface area contributed by atoms with Gasteiger partial charge in [-0.3, -0.25) is 4.79 Å². The molecule has 0 spiro atoms. The van der Waals surface area contributed by atoms with E-state index in [1.165, 1.54) is 0 Å². The van der Waals surface area contributed by atoms with Crippen molar-refractivity contribution in [1.82, 2.24) is 0 Å². The van der Waals surface area contributed by atoms with Crippen LogP contribution < -0.4 is 4.90 Å². The molecule has 0 aromatic heterocycles. The Kier molecular flexibility index (Phi) is 7.09. The van der Waals surface area contributed by atoms with E-state index in [1.807, 2.05) is 12.1 Å². The van der Waals surface area contributed by atoms with Crippen LogP contribution >= 0.6 is 0 Å². The molecule has 0 N–H and O–H groups in total. The number of para-hydroxylation sites is 1. The van der Waals surface area contributed by atoms with Crippen LogP contribution in [0.2, 0.25) is 0 Å². The summed E-state index contributed by atoms with van der Waals surface area (Å²) < 4.78 is 10.4. The minimum atomic E-state index is -1.79. The maximum atomic E-state index is 14.1. The molecule has 2 amide bonds. The molecule has 2 rings (SSSR count). The molecule has 1 heterocycles. The van der Waals surface area contributed by atoms with Crippen LogP contribution in [0, 0.1) is 28.1 Å². The highest BCUT2D eigenvalue weighted by Crippen LogP contribution is 2.52. The third-order valence-electron chi connectivity index (χ3n) is 5.57. The van der Waals surface area contributed by atoms with E-state index in [0.717, 1.165) is 12.0 Å². The molecule has 1 atom stereocenters. The van der Waals surface area contributed by atoms with E-state index in [1.54, 1.807) is 65.8 Å². The number of fused-ring (bicyclic) bond motifs is 1. The van der Waals surface area contributed by atoms with E-state index in [4.69, 9.17) is 9.47 Å². The van der Waals surface area contributed by atoms with Gasteiger partial charge in [-0.1, -0.05) is 45.5 Å². The first kappa shape index (κ1) is 26.3. The predicted molar refractivity (Wildman–Crippen MR) is 125 cm³/mol. The van der Waals surface area contributed by atoms with Gasteiger partial charge in [0.25, 0.3) is 5.91 Å². The predicted octanol–water partition coefficient (Wildman–Crippen LogP) is 4.72. The molecule has 0 fully saturated rings. The Balaban J connectivity index is 2.92. The average molecular weight is 464 g/mol. The lowest BCUT2D eigenvalue weighted by Gasteiger charge is -2.34. The molecule has 8 nitrogen and oxygen atoms in total. The Bertz CT molecular complexity index is 1150. The van der Waals surface area contributed by atoms with Crippen LogP contribution in [0.1, 0.15) is 53.5 Å². The van der Waals surface area contributed by atoms with Gasteiger partial charge in [-0.15, -0.1) is 0 Å². The molecule has 0 saturated heterocycles. The Labute approximate surface area is 200 Å². The van der Waals surface area contributed by atoms with Gasteiger partial charge < -0.3 is 9.47 Å². The van der Waals surface area contributed by atoms with Crippen molar-refractivity contribution < 1.29 is 23.9 Å². The van der Waals surface area contributed by atoms with Crippen molar-refractivity contribution >= 4 is 23.7 Å². The minimum absolute atomic E-state index is 0.175. The number of amides is 2. The van der Waals surface area contributed by atoms with Gasteiger partial charge in [0.2, 0.25) is 0 Å². The first-order valence-electron chi connectivity index (χ1n) is 10.6. The molecular weight excluding hydrogens is 434 g/mol. The molecule has 0 aliphatic carbocycles. The van der Waals surface area contributed by atoms with E-state index in [9.17, 15) is 24.9 Å². The maximum Gasteiger partial charge on any atom is 0.421 e. The van der Waals surface area contributed by atoms with Crippen LogP contribution in [0.3, 0.4) is 0 Å². The second-order valence-corrected chi connectivity index (χ2v) is 10.0. The second-order valence-electron chi connectivity index (χ2n) is 10.0. The first-order chi connectivity index (χ1) is 15.7. The van der Waals surface area contributed by atoms with Gasteiger partial charge in [-0.2, -0.15) is 10.5 Å². The lowest BCUT2D eigenvalue weighted by atomic mass is 9.66. The van der Waals surface area contributed by atoms with E-state index < -0.39 is 34.4 Å². The maximum absolute atomic E-state index is 14.1. The van der Waals surface area contributed by atoms with Crippen LogP contribution in [0.4, 0.5) is 10.5 Å². The topological polar surface area (TPSA) is 120 Å². The van der Waals surface area contributed by atoms with Gasteiger partial charge >= 0.3 is 12.1 Å². The number of hydrogen-bond acceptors (Lipinski definition) is 7. The van der Waals surface area contributed by atoms with Gasteiger partial charge in [0.1, 0.15) is 28.7 Å². The monoisotopic (exact) mass is 463 g/mol. The smallest absolute Gasteiger partial charge is 0.421 e. The van der Waals surface area contributed by atoms with Crippen molar-refractivity contribution in [3.8, 4) is 12.1 Å². The standard InChI is InChI=1S/C26H29N3O5/c1-16(21(30)33-8)26(13-19(24(2,3)4)17(14-27)15-28)18-11-9-10-12-20(18)29(22(26)31)23(32)34-25(5,6)7/h9-12H,1,13H2,2-8H3/t26-/m0/s1. The van der Waals surface area contributed by atoms with Gasteiger partial charge in [0.15, 0.2) is 0 Å². The Morgan fingerprint density at radius 3 is 2.12 bits per heavy atom. The van der Waals surface area contributed by atoms with Gasteiger partial charge in [0, 0.05) is 0 Å². The van der Waals surface area contributed by atoms with E-state index in [2.05, 4.69) is 6.58 Å². The number of benzene rings is 1. The van der Waals surface area contributed by atoms with Crippen LogP contribution in [0.15, 0.2) is 47.6 Å². The van der Waals surface area contributed by atoms with Crippen molar-refractivity contribution in [3.05, 3.63) is 53.1 Å². The molecule has 178 valence electrons. The lowest BCUT2D eigenvalue weighted by Crippen LogP contribution is -2.48. The zero-order chi connectivity index (χ0) is 26.1. The Morgan fingerprint density at radius 1 is 1.09 bits per heavy atom. The normalized spacial score (nSPS) is 17.2. The Hall–Kier alpha value is -3.91. The van der Waals surface area contributed by atoms with Crippen LogP contribution in [0.25, 0.3) is 0 Å². The summed E-state index contributed by atoms with van der Waals surface area (Å²) in [5.41, 5.74) is -2.88. The second kappa shape index (κ2) is 9.15. The van der Waals surface area contributed by atoms with Crippen molar-refractivity contribution in [2.45, 2.75) is 59.0 Å². The molecule has 0 radical (unpaired) electrons. The fourth-order valence-corrected chi connectivity index (χ4v) is 3.95. The molecular formula is C26H29N3O5. The highest BCUT2D eigenvalue weighted by Gasteiger charge is 2.58. The van der Waals surface area contributed by atoms with Gasteiger partial charge in [-0.25, -0.2) is 14.5 Å². The third kappa shape index (κ3) is 4.58. The summed E-state index contributed by atoms with van der Waals surface area (Å²) in [5, 5.41) is 19.3.